The van der Waals surface area contributed by atoms with E-state index in [0.29, 0.717) is 15.9 Å². The Bertz CT molecular complexity index is 917. The average molecular weight is 438 g/mol. The minimum atomic E-state index is -3.58. The molecule has 140 valence electrons. The Morgan fingerprint density at radius 1 is 1.19 bits per heavy atom. The quantitative estimate of drug-likeness (QED) is 0.714. The van der Waals surface area contributed by atoms with Crippen molar-refractivity contribution >= 4 is 26.0 Å². The molecule has 0 spiro atoms. The SMILES string of the molecule is Cn1nc(CN(C2CCCC2)S(=O)(=O)c2ccccc2Br)c2c1CCC2. The molecule has 1 aromatic heterocycles. The third-order valence-electron chi connectivity index (χ3n) is 5.66. The molecule has 0 amide bonds. The Morgan fingerprint density at radius 3 is 2.65 bits per heavy atom. The Morgan fingerprint density at radius 2 is 1.92 bits per heavy atom. The van der Waals surface area contributed by atoms with Gasteiger partial charge < -0.3 is 0 Å². The first-order chi connectivity index (χ1) is 12.5. The van der Waals surface area contributed by atoms with Crippen molar-refractivity contribution in [3.8, 4) is 0 Å². The smallest absolute Gasteiger partial charge is 0.244 e. The molecule has 1 saturated carbocycles. The van der Waals surface area contributed by atoms with Gasteiger partial charge in [0.15, 0.2) is 0 Å². The second-order valence-electron chi connectivity index (χ2n) is 7.27. The summed E-state index contributed by atoms with van der Waals surface area (Å²) in [5.74, 6) is 0. The molecule has 5 nitrogen and oxygen atoms in total. The van der Waals surface area contributed by atoms with Gasteiger partial charge in [-0.05, 0) is 65.7 Å². The highest BCUT2D eigenvalue weighted by Crippen LogP contribution is 2.34. The zero-order chi connectivity index (χ0) is 18.3. The number of nitrogens with zero attached hydrogens (tertiary/aromatic N) is 3. The van der Waals surface area contributed by atoms with Gasteiger partial charge in [0.2, 0.25) is 10.0 Å². The van der Waals surface area contributed by atoms with Gasteiger partial charge in [0.25, 0.3) is 0 Å². The molecule has 26 heavy (non-hydrogen) atoms. The van der Waals surface area contributed by atoms with Gasteiger partial charge in [0.05, 0.1) is 17.1 Å². The van der Waals surface area contributed by atoms with Crippen molar-refractivity contribution in [3.63, 3.8) is 0 Å². The van der Waals surface area contributed by atoms with Gasteiger partial charge in [0, 0.05) is 23.3 Å². The molecule has 0 bridgehead atoms. The van der Waals surface area contributed by atoms with E-state index in [1.807, 2.05) is 17.8 Å². The van der Waals surface area contributed by atoms with E-state index >= 15 is 0 Å². The molecule has 4 rings (SSSR count). The van der Waals surface area contributed by atoms with E-state index in [9.17, 15) is 8.42 Å². The maximum atomic E-state index is 13.5. The van der Waals surface area contributed by atoms with Crippen molar-refractivity contribution in [3.05, 3.63) is 45.7 Å². The van der Waals surface area contributed by atoms with Crippen LogP contribution in [0.1, 0.15) is 49.1 Å². The molecule has 0 radical (unpaired) electrons. The number of rotatable bonds is 5. The summed E-state index contributed by atoms with van der Waals surface area (Å²) in [7, 11) is -1.62. The summed E-state index contributed by atoms with van der Waals surface area (Å²) in [5.41, 5.74) is 3.46. The van der Waals surface area contributed by atoms with Gasteiger partial charge >= 0.3 is 0 Å². The third-order valence-corrected chi connectivity index (χ3v) is 8.57. The molecule has 1 heterocycles. The zero-order valence-electron chi connectivity index (χ0n) is 15.0. The molecular weight excluding hydrogens is 414 g/mol. The minimum absolute atomic E-state index is 0.0613. The molecule has 0 N–H and O–H groups in total. The molecule has 0 aliphatic heterocycles. The summed E-state index contributed by atoms with van der Waals surface area (Å²) in [6.45, 7) is 0.373. The number of hydrogen-bond donors (Lipinski definition) is 0. The number of benzene rings is 1. The highest BCUT2D eigenvalue weighted by Gasteiger charge is 2.36. The summed E-state index contributed by atoms with van der Waals surface area (Å²) in [5, 5.41) is 4.67. The molecule has 2 aliphatic carbocycles. The summed E-state index contributed by atoms with van der Waals surface area (Å²) in [6.07, 6.45) is 7.22. The summed E-state index contributed by atoms with van der Waals surface area (Å²) in [6, 6.07) is 7.16. The Kier molecular flexibility index (Phi) is 4.96. The fourth-order valence-corrected chi connectivity index (χ4v) is 6.97. The van der Waals surface area contributed by atoms with Crippen LogP contribution in [0.3, 0.4) is 0 Å². The van der Waals surface area contributed by atoms with E-state index in [-0.39, 0.29) is 6.04 Å². The highest BCUT2D eigenvalue weighted by molar-refractivity contribution is 9.10. The lowest BCUT2D eigenvalue weighted by Crippen LogP contribution is -2.38. The van der Waals surface area contributed by atoms with Gasteiger partial charge in [0.1, 0.15) is 0 Å². The van der Waals surface area contributed by atoms with Crippen LogP contribution in [0.4, 0.5) is 0 Å². The van der Waals surface area contributed by atoms with Crippen molar-refractivity contribution in [2.75, 3.05) is 0 Å². The summed E-state index contributed by atoms with van der Waals surface area (Å²) >= 11 is 3.42. The van der Waals surface area contributed by atoms with Crippen molar-refractivity contribution in [1.29, 1.82) is 0 Å². The molecule has 0 atom stereocenters. The van der Waals surface area contributed by atoms with Crippen molar-refractivity contribution < 1.29 is 8.42 Å². The van der Waals surface area contributed by atoms with Crippen LogP contribution in [0.5, 0.6) is 0 Å². The number of fused-ring (bicyclic) bond motifs is 1. The van der Waals surface area contributed by atoms with Crippen LogP contribution in [0.25, 0.3) is 0 Å². The zero-order valence-corrected chi connectivity index (χ0v) is 17.4. The largest absolute Gasteiger partial charge is 0.272 e. The number of halogens is 1. The highest BCUT2D eigenvalue weighted by atomic mass is 79.9. The van der Waals surface area contributed by atoms with Crippen LogP contribution in [0, 0.1) is 0 Å². The predicted molar refractivity (Wildman–Crippen MR) is 104 cm³/mol. The molecule has 2 aromatic rings. The van der Waals surface area contributed by atoms with E-state index in [2.05, 4.69) is 21.0 Å². The lowest BCUT2D eigenvalue weighted by molar-refractivity contribution is 0.311. The standard InChI is InChI=1S/C19H24BrN3O2S/c1-22-18-11-6-9-15(18)17(21-22)13-23(14-7-2-3-8-14)26(24,25)19-12-5-4-10-16(19)20/h4-5,10,12,14H,2-3,6-9,11,13H2,1H3. The fraction of sp³-hybridized carbons (Fsp3) is 0.526. The first-order valence-electron chi connectivity index (χ1n) is 9.28. The monoisotopic (exact) mass is 437 g/mol. The average Bonchev–Trinajstić information content (AvgIpc) is 3.33. The number of aryl methyl sites for hydroxylation is 1. The van der Waals surface area contributed by atoms with E-state index in [0.717, 1.165) is 50.6 Å². The number of hydrogen-bond acceptors (Lipinski definition) is 3. The van der Waals surface area contributed by atoms with Crippen molar-refractivity contribution in [2.45, 2.75) is 62.4 Å². The number of aromatic nitrogens is 2. The van der Waals surface area contributed by atoms with Gasteiger partial charge in [-0.3, -0.25) is 4.68 Å². The molecule has 7 heteroatoms. The van der Waals surface area contributed by atoms with Gasteiger partial charge in [-0.15, -0.1) is 0 Å². The van der Waals surface area contributed by atoms with Crippen LogP contribution in [0.15, 0.2) is 33.6 Å². The lowest BCUT2D eigenvalue weighted by atomic mass is 10.2. The molecule has 0 unspecified atom stereocenters. The first kappa shape index (κ1) is 18.2. The van der Waals surface area contributed by atoms with Crippen LogP contribution >= 0.6 is 15.9 Å². The predicted octanol–water partition coefficient (Wildman–Crippen LogP) is 3.80. The summed E-state index contributed by atoms with van der Waals surface area (Å²) in [4.78, 5) is 0.347. The maximum absolute atomic E-state index is 13.5. The minimum Gasteiger partial charge on any atom is -0.272 e. The van der Waals surface area contributed by atoms with Gasteiger partial charge in [-0.1, -0.05) is 25.0 Å². The van der Waals surface area contributed by atoms with Crippen LogP contribution in [-0.4, -0.2) is 28.5 Å². The second-order valence-corrected chi connectivity index (χ2v) is 9.98. The molecule has 0 saturated heterocycles. The molecular formula is C19H24BrN3O2S. The summed E-state index contributed by atoms with van der Waals surface area (Å²) < 4.78 is 31.3. The second kappa shape index (κ2) is 7.09. The van der Waals surface area contributed by atoms with E-state index in [4.69, 9.17) is 0 Å². The third kappa shape index (κ3) is 3.14. The molecule has 2 aliphatic rings. The fourth-order valence-electron chi connectivity index (χ4n) is 4.36. The van der Waals surface area contributed by atoms with E-state index in [1.165, 1.54) is 11.3 Å². The van der Waals surface area contributed by atoms with E-state index < -0.39 is 10.0 Å². The first-order valence-corrected chi connectivity index (χ1v) is 11.5. The molecule has 1 fully saturated rings. The van der Waals surface area contributed by atoms with Gasteiger partial charge in [-0.25, -0.2) is 8.42 Å². The van der Waals surface area contributed by atoms with Crippen molar-refractivity contribution in [1.82, 2.24) is 14.1 Å². The molecule has 1 aromatic carbocycles. The topological polar surface area (TPSA) is 55.2 Å². The maximum Gasteiger partial charge on any atom is 0.244 e. The van der Waals surface area contributed by atoms with Crippen LogP contribution < -0.4 is 0 Å². The van der Waals surface area contributed by atoms with Crippen LogP contribution in [-0.2, 0) is 36.5 Å². The Labute approximate surface area is 163 Å². The lowest BCUT2D eigenvalue weighted by Gasteiger charge is -2.28. The van der Waals surface area contributed by atoms with Gasteiger partial charge in [-0.2, -0.15) is 9.40 Å². The van der Waals surface area contributed by atoms with Crippen LogP contribution in [0.2, 0.25) is 0 Å². The van der Waals surface area contributed by atoms with Crippen molar-refractivity contribution in [2.24, 2.45) is 7.05 Å². The Hall–Kier alpha value is -1.18. The number of sulfonamides is 1. The Balaban J connectivity index is 1.74. The normalized spacial score (nSPS) is 18.0. The van der Waals surface area contributed by atoms with E-state index in [1.54, 1.807) is 22.5 Å².